The van der Waals surface area contributed by atoms with Gasteiger partial charge in [-0.2, -0.15) is 0 Å². The molecule has 20 heavy (non-hydrogen) atoms. The molecule has 1 N–H and O–H groups in total. The highest BCUT2D eigenvalue weighted by Crippen LogP contribution is 2.33. The van der Waals surface area contributed by atoms with E-state index in [0.717, 1.165) is 12.8 Å². The maximum absolute atomic E-state index is 12.4. The summed E-state index contributed by atoms with van der Waals surface area (Å²) in [5, 5.41) is 20.7. The summed E-state index contributed by atoms with van der Waals surface area (Å²) in [7, 11) is 1.54. The van der Waals surface area contributed by atoms with Crippen molar-refractivity contribution in [1.29, 1.82) is 0 Å². The molecule has 1 aliphatic carbocycles. The molecular weight excluding hydrogens is 264 g/mol. The van der Waals surface area contributed by atoms with E-state index in [-0.39, 0.29) is 11.6 Å². The molecule has 1 aromatic carbocycles. The van der Waals surface area contributed by atoms with Gasteiger partial charge in [0.05, 0.1) is 17.1 Å². The summed E-state index contributed by atoms with van der Waals surface area (Å²) in [6.45, 7) is 0.792. The second-order valence-electron chi connectivity index (χ2n) is 4.65. The molecule has 0 unspecified atom stereocenters. The monoisotopic (exact) mass is 280 g/mol. The molecule has 0 saturated heterocycles. The molecule has 0 heterocycles. The number of phenols is 1. The van der Waals surface area contributed by atoms with Gasteiger partial charge in [-0.25, -0.2) is 0 Å². The van der Waals surface area contributed by atoms with Crippen molar-refractivity contribution in [2.45, 2.75) is 18.9 Å². The number of rotatable bonds is 6. The Labute approximate surface area is 115 Å². The molecule has 108 valence electrons. The third-order valence-corrected chi connectivity index (χ3v) is 3.23. The number of nitro groups is 1. The van der Waals surface area contributed by atoms with Gasteiger partial charge in [-0.05, 0) is 18.9 Å². The number of carbonyl (C=O) groups excluding carboxylic acids is 1. The Kier molecular flexibility index (Phi) is 4.19. The van der Waals surface area contributed by atoms with Gasteiger partial charge in [0.2, 0.25) is 5.75 Å². The zero-order chi connectivity index (χ0) is 14.7. The van der Waals surface area contributed by atoms with Crippen molar-refractivity contribution >= 4 is 11.6 Å². The molecule has 7 nitrogen and oxygen atoms in total. The van der Waals surface area contributed by atoms with Crippen LogP contribution in [0.15, 0.2) is 18.2 Å². The van der Waals surface area contributed by atoms with E-state index in [4.69, 9.17) is 4.74 Å². The van der Waals surface area contributed by atoms with Crippen molar-refractivity contribution < 1.29 is 19.6 Å². The molecule has 0 atom stereocenters. The lowest BCUT2D eigenvalue weighted by Gasteiger charge is -2.22. The van der Waals surface area contributed by atoms with Crippen LogP contribution >= 0.6 is 0 Å². The van der Waals surface area contributed by atoms with Crippen LogP contribution in [0, 0.1) is 10.1 Å². The SMILES string of the molecule is COCCN(C(=O)c1cccc([N+](=O)[O-])c1O)C1CC1. The third kappa shape index (κ3) is 2.88. The number of benzene rings is 1. The Hall–Kier alpha value is -2.15. The van der Waals surface area contributed by atoms with Gasteiger partial charge in [-0.15, -0.1) is 0 Å². The van der Waals surface area contributed by atoms with E-state index in [1.807, 2.05) is 0 Å². The Morgan fingerprint density at radius 1 is 1.55 bits per heavy atom. The zero-order valence-corrected chi connectivity index (χ0v) is 11.1. The van der Waals surface area contributed by atoms with Gasteiger partial charge in [-0.3, -0.25) is 14.9 Å². The summed E-state index contributed by atoms with van der Waals surface area (Å²) in [6, 6.07) is 4.10. The fraction of sp³-hybridized carbons (Fsp3) is 0.462. The molecule has 1 amide bonds. The van der Waals surface area contributed by atoms with E-state index in [2.05, 4.69) is 0 Å². The highest BCUT2D eigenvalue weighted by Gasteiger charge is 2.34. The van der Waals surface area contributed by atoms with Gasteiger partial charge in [0.25, 0.3) is 5.91 Å². The number of hydrogen-bond acceptors (Lipinski definition) is 5. The van der Waals surface area contributed by atoms with E-state index in [9.17, 15) is 20.0 Å². The summed E-state index contributed by atoms with van der Waals surface area (Å²) in [6.07, 6.45) is 1.82. The predicted molar refractivity (Wildman–Crippen MR) is 70.7 cm³/mol. The maximum Gasteiger partial charge on any atom is 0.311 e. The van der Waals surface area contributed by atoms with Gasteiger partial charge in [-0.1, -0.05) is 6.07 Å². The second kappa shape index (κ2) is 5.87. The first-order valence-electron chi connectivity index (χ1n) is 6.32. The molecule has 0 aromatic heterocycles. The first-order chi connectivity index (χ1) is 9.56. The molecule has 1 saturated carbocycles. The summed E-state index contributed by atoms with van der Waals surface area (Å²) >= 11 is 0. The van der Waals surface area contributed by atoms with E-state index in [1.165, 1.54) is 18.2 Å². The minimum atomic E-state index is -0.706. The zero-order valence-electron chi connectivity index (χ0n) is 11.1. The number of aromatic hydroxyl groups is 1. The van der Waals surface area contributed by atoms with Crippen LogP contribution in [0.3, 0.4) is 0 Å². The minimum absolute atomic E-state index is 0.0396. The molecule has 0 bridgehead atoms. The van der Waals surface area contributed by atoms with Crippen LogP contribution in [0.5, 0.6) is 5.75 Å². The molecule has 0 radical (unpaired) electrons. The Morgan fingerprint density at radius 2 is 2.25 bits per heavy atom. The van der Waals surface area contributed by atoms with Crippen molar-refractivity contribution in [3.8, 4) is 5.75 Å². The van der Waals surface area contributed by atoms with Crippen LogP contribution in [-0.4, -0.2) is 47.1 Å². The van der Waals surface area contributed by atoms with E-state index in [0.29, 0.717) is 13.2 Å². The molecule has 0 aliphatic heterocycles. The first-order valence-corrected chi connectivity index (χ1v) is 6.32. The number of nitrogens with zero attached hydrogens (tertiary/aromatic N) is 2. The number of hydrogen-bond donors (Lipinski definition) is 1. The van der Waals surface area contributed by atoms with Crippen LogP contribution in [0.25, 0.3) is 0 Å². The van der Waals surface area contributed by atoms with Crippen molar-refractivity contribution in [2.75, 3.05) is 20.3 Å². The number of amides is 1. The summed E-state index contributed by atoms with van der Waals surface area (Å²) in [4.78, 5) is 24.1. The molecular formula is C13H16N2O5. The van der Waals surface area contributed by atoms with Crippen molar-refractivity contribution in [1.82, 2.24) is 4.90 Å². The fourth-order valence-corrected chi connectivity index (χ4v) is 2.03. The average Bonchev–Trinajstić information content (AvgIpc) is 3.23. The maximum atomic E-state index is 12.4. The Morgan fingerprint density at radius 3 is 2.80 bits per heavy atom. The largest absolute Gasteiger partial charge is 0.502 e. The van der Waals surface area contributed by atoms with Gasteiger partial charge in [0.15, 0.2) is 0 Å². The molecule has 1 aliphatic rings. The predicted octanol–water partition coefficient (Wildman–Crippen LogP) is 1.55. The van der Waals surface area contributed by atoms with Crippen LogP contribution in [0.4, 0.5) is 5.69 Å². The van der Waals surface area contributed by atoms with Crippen molar-refractivity contribution in [3.05, 3.63) is 33.9 Å². The normalized spacial score (nSPS) is 14.1. The van der Waals surface area contributed by atoms with Crippen molar-refractivity contribution in [2.24, 2.45) is 0 Å². The standard InChI is InChI=1S/C13H16N2O5/c1-20-8-7-14(9-5-6-9)13(17)10-3-2-4-11(12(10)16)15(18)19/h2-4,9,16H,5-8H2,1H3. The smallest absolute Gasteiger partial charge is 0.311 e. The van der Waals surface area contributed by atoms with E-state index in [1.54, 1.807) is 12.0 Å². The topological polar surface area (TPSA) is 92.9 Å². The lowest BCUT2D eigenvalue weighted by atomic mass is 10.1. The van der Waals surface area contributed by atoms with Crippen LogP contribution < -0.4 is 0 Å². The minimum Gasteiger partial charge on any atom is -0.502 e. The summed E-state index contributed by atoms with van der Waals surface area (Å²) in [5.41, 5.74) is -0.499. The Bertz CT molecular complexity index is 527. The number of nitro benzene ring substituents is 1. The van der Waals surface area contributed by atoms with Gasteiger partial charge < -0.3 is 14.7 Å². The lowest BCUT2D eigenvalue weighted by molar-refractivity contribution is -0.385. The van der Waals surface area contributed by atoms with Crippen LogP contribution in [0.2, 0.25) is 0 Å². The number of para-hydroxylation sites is 1. The quantitative estimate of drug-likeness (QED) is 0.630. The molecule has 1 aromatic rings. The van der Waals surface area contributed by atoms with Gasteiger partial charge in [0, 0.05) is 25.8 Å². The second-order valence-corrected chi connectivity index (χ2v) is 4.65. The number of methoxy groups -OCH3 is 1. The van der Waals surface area contributed by atoms with E-state index < -0.39 is 22.3 Å². The fourth-order valence-electron chi connectivity index (χ4n) is 2.03. The Balaban J connectivity index is 2.27. The third-order valence-electron chi connectivity index (χ3n) is 3.23. The van der Waals surface area contributed by atoms with Gasteiger partial charge in [0.1, 0.15) is 0 Å². The van der Waals surface area contributed by atoms with E-state index >= 15 is 0 Å². The van der Waals surface area contributed by atoms with Crippen LogP contribution in [-0.2, 0) is 4.74 Å². The highest BCUT2D eigenvalue weighted by molar-refractivity contribution is 5.98. The molecule has 7 heteroatoms. The molecule has 0 spiro atoms. The summed E-state index contributed by atoms with van der Waals surface area (Å²) < 4.78 is 4.96. The number of ether oxygens (including phenoxy) is 1. The lowest BCUT2D eigenvalue weighted by Crippen LogP contribution is -2.35. The average molecular weight is 280 g/mol. The summed E-state index contributed by atoms with van der Waals surface area (Å²) in [5.74, 6) is -0.976. The van der Waals surface area contributed by atoms with Gasteiger partial charge >= 0.3 is 5.69 Å². The number of phenolic OH excluding ortho intramolecular Hbond substituents is 1. The number of carbonyl (C=O) groups is 1. The van der Waals surface area contributed by atoms with Crippen molar-refractivity contribution in [3.63, 3.8) is 0 Å². The molecule has 1 fully saturated rings. The first kappa shape index (κ1) is 14.3. The highest BCUT2D eigenvalue weighted by atomic mass is 16.6. The molecule has 2 rings (SSSR count). The van der Waals surface area contributed by atoms with Crippen LogP contribution in [0.1, 0.15) is 23.2 Å².